The van der Waals surface area contributed by atoms with E-state index in [-0.39, 0.29) is 17.0 Å². The lowest BCUT2D eigenvalue weighted by atomic mass is 10.1. The Balaban J connectivity index is 2.95. The molecule has 1 aromatic heterocycles. The molecule has 0 aliphatic rings. The first-order valence-electron chi connectivity index (χ1n) is 4.83. The van der Waals surface area contributed by atoms with Crippen molar-refractivity contribution in [3.05, 3.63) is 29.8 Å². The van der Waals surface area contributed by atoms with Crippen molar-refractivity contribution in [2.75, 3.05) is 12.4 Å². The van der Waals surface area contributed by atoms with Crippen LogP contribution in [0.4, 0.5) is 4.39 Å². The van der Waals surface area contributed by atoms with Gasteiger partial charge in [-0.15, -0.1) is 0 Å². The summed E-state index contributed by atoms with van der Waals surface area (Å²) in [6.07, 6.45) is 2.44. The molecule has 5 heteroatoms. The molecule has 0 bridgehead atoms. The molecule has 1 rings (SSSR count). The molecular formula is C11H14BrFN2O. The van der Waals surface area contributed by atoms with Crippen molar-refractivity contribution in [3.8, 4) is 0 Å². The fourth-order valence-electron chi connectivity index (χ4n) is 1.09. The highest BCUT2D eigenvalue weighted by atomic mass is 79.9. The van der Waals surface area contributed by atoms with Gasteiger partial charge in [-0.1, -0.05) is 15.9 Å². The quantitative estimate of drug-likeness (QED) is 0.801. The molecule has 0 aromatic carbocycles. The lowest BCUT2D eigenvalue weighted by molar-refractivity contribution is 0.0662. The van der Waals surface area contributed by atoms with Gasteiger partial charge in [-0.05, 0) is 19.9 Å². The summed E-state index contributed by atoms with van der Waals surface area (Å²) in [5, 5.41) is 0.644. The molecule has 88 valence electrons. The summed E-state index contributed by atoms with van der Waals surface area (Å²) in [6.45, 7) is 3.85. The second kappa shape index (κ2) is 4.91. The number of hydrogen-bond acceptors (Lipinski definition) is 2. The molecular weight excluding hydrogens is 275 g/mol. The molecule has 1 aromatic rings. The molecule has 0 fully saturated rings. The Hall–Kier alpha value is -0.970. The van der Waals surface area contributed by atoms with Gasteiger partial charge in [0.1, 0.15) is 5.82 Å². The number of carbonyl (C=O) groups is 1. The summed E-state index contributed by atoms with van der Waals surface area (Å²) in [5.74, 6) is -0.743. The number of pyridine rings is 1. The molecule has 0 saturated heterocycles. The normalized spacial score (nSPS) is 11.3. The van der Waals surface area contributed by atoms with Crippen molar-refractivity contribution in [1.82, 2.24) is 9.88 Å². The van der Waals surface area contributed by atoms with Gasteiger partial charge < -0.3 is 4.90 Å². The van der Waals surface area contributed by atoms with Crippen molar-refractivity contribution in [1.29, 1.82) is 0 Å². The number of aromatic nitrogens is 1. The zero-order chi connectivity index (χ0) is 12.3. The van der Waals surface area contributed by atoms with Gasteiger partial charge in [0.25, 0.3) is 5.91 Å². The lowest BCUT2D eigenvalue weighted by Gasteiger charge is -2.34. The average Bonchev–Trinajstić information content (AvgIpc) is 2.27. The van der Waals surface area contributed by atoms with Crippen LogP contribution in [0.15, 0.2) is 18.5 Å². The maximum atomic E-state index is 12.9. The van der Waals surface area contributed by atoms with E-state index in [0.717, 1.165) is 6.20 Å². The van der Waals surface area contributed by atoms with Crippen LogP contribution in [-0.4, -0.2) is 33.7 Å². The third-order valence-electron chi connectivity index (χ3n) is 2.49. The minimum Gasteiger partial charge on any atom is -0.336 e. The summed E-state index contributed by atoms with van der Waals surface area (Å²) in [5.41, 5.74) is -0.0693. The highest BCUT2D eigenvalue weighted by Crippen LogP contribution is 2.18. The number of carbonyl (C=O) groups excluding carboxylic acids is 1. The van der Waals surface area contributed by atoms with Gasteiger partial charge in [0.05, 0.1) is 11.8 Å². The summed E-state index contributed by atoms with van der Waals surface area (Å²) in [7, 11) is 1.69. The van der Waals surface area contributed by atoms with E-state index in [9.17, 15) is 9.18 Å². The van der Waals surface area contributed by atoms with Crippen LogP contribution in [-0.2, 0) is 0 Å². The fourth-order valence-corrected chi connectivity index (χ4v) is 1.46. The number of hydrogen-bond donors (Lipinski definition) is 0. The van der Waals surface area contributed by atoms with E-state index in [1.165, 1.54) is 12.3 Å². The maximum Gasteiger partial charge on any atom is 0.255 e. The van der Waals surface area contributed by atoms with Crippen molar-refractivity contribution in [2.45, 2.75) is 19.4 Å². The lowest BCUT2D eigenvalue weighted by Crippen LogP contribution is -2.46. The van der Waals surface area contributed by atoms with Crippen LogP contribution < -0.4 is 0 Å². The number of rotatable bonds is 3. The van der Waals surface area contributed by atoms with E-state index in [4.69, 9.17) is 0 Å². The van der Waals surface area contributed by atoms with Crippen LogP contribution in [0.5, 0.6) is 0 Å². The van der Waals surface area contributed by atoms with Crippen LogP contribution in [0.1, 0.15) is 24.2 Å². The predicted molar refractivity (Wildman–Crippen MR) is 64.2 cm³/mol. The van der Waals surface area contributed by atoms with E-state index in [2.05, 4.69) is 20.9 Å². The molecule has 0 N–H and O–H groups in total. The standard InChI is InChI=1S/C11H14BrFN2O/c1-11(2,7-12)15(3)10(16)8-4-9(13)6-14-5-8/h4-6H,7H2,1-3H3. The number of nitrogens with zero attached hydrogens (tertiary/aromatic N) is 2. The first-order chi connectivity index (χ1) is 7.38. The van der Waals surface area contributed by atoms with Crippen LogP contribution in [0.25, 0.3) is 0 Å². The Bertz CT molecular complexity index is 395. The summed E-state index contributed by atoms with van der Waals surface area (Å²) < 4.78 is 12.9. The topological polar surface area (TPSA) is 33.2 Å². The molecule has 0 atom stereocenters. The highest BCUT2D eigenvalue weighted by Gasteiger charge is 2.27. The van der Waals surface area contributed by atoms with Crippen LogP contribution in [0.3, 0.4) is 0 Å². The van der Waals surface area contributed by atoms with Gasteiger partial charge in [0.2, 0.25) is 0 Å². The van der Waals surface area contributed by atoms with E-state index in [1.807, 2.05) is 13.8 Å². The predicted octanol–water partition coefficient (Wildman–Crippen LogP) is 2.47. The molecule has 0 spiro atoms. The Morgan fingerprint density at radius 1 is 1.56 bits per heavy atom. The fraction of sp³-hybridized carbons (Fsp3) is 0.455. The van der Waals surface area contributed by atoms with E-state index >= 15 is 0 Å². The van der Waals surface area contributed by atoms with Crippen molar-refractivity contribution >= 4 is 21.8 Å². The monoisotopic (exact) mass is 288 g/mol. The second-order valence-electron chi connectivity index (χ2n) is 4.20. The SMILES string of the molecule is CN(C(=O)c1cncc(F)c1)C(C)(C)CBr. The van der Waals surface area contributed by atoms with Gasteiger partial charge >= 0.3 is 0 Å². The molecule has 0 aliphatic heterocycles. The number of alkyl halides is 1. The first-order valence-corrected chi connectivity index (χ1v) is 5.95. The van der Waals surface area contributed by atoms with Gasteiger partial charge in [-0.25, -0.2) is 4.39 Å². The Morgan fingerprint density at radius 3 is 2.69 bits per heavy atom. The molecule has 0 saturated carbocycles. The molecule has 0 aliphatic carbocycles. The third kappa shape index (κ3) is 2.78. The molecule has 1 amide bonds. The number of amides is 1. The van der Waals surface area contributed by atoms with Gasteiger partial charge in [-0.3, -0.25) is 9.78 Å². The molecule has 16 heavy (non-hydrogen) atoms. The summed E-state index contributed by atoms with van der Waals surface area (Å²) >= 11 is 3.34. The van der Waals surface area contributed by atoms with Gasteiger partial charge in [0.15, 0.2) is 0 Å². The maximum absolute atomic E-state index is 12.9. The molecule has 0 unspecified atom stereocenters. The van der Waals surface area contributed by atoms with Crippen molar-refractivity contribution in [3.63, 3.8) is 0 Å². The Morgan fingerprint density at radius 2 is 2.19 bits per heavy atom. The summed E-state index contributed by atoms with van der Waals surface area (Å²) in [4.78, 5) is 17.2. The highest BCUT2D eigenvalue weighted by molar-refractivity contribution is 9.09. The van der Waals surface area contributed by atoms with Crippen LogP contribution in [0, 0.1) is 5.82 Å². The zero-order valence-electron chi connectivity index (χ0n) is 9.50. The van der Waals surface area contributed by atoms with Crippen molar-refractivity contribution in [2.24, 2.45) is 0 Å². The van der Waals surface area contributed by atoms with Gasteiger partial charge in [0, 0.05) is 24.1 Å². The number of halogens is 2. The van der Waals surface area contributed by atoms with E-state index in [1.54, 1.807) is 11.9 Å². The van der Waals surface area contributed by atoms with Gasteiger partial charge in [-0.2, -0.15) is 0 Å². The van der Waals surface area contributed by atoms with Crippen LogP contribution >= 0.6 is 15.9 Å². The second-order valence-corrected chi connectivity index (χ2v) is 4.76. The molecule has 1 heterocycles. The smallest absolute Gasteiger partial charge is 0.255 e. The first kappa shape index (κ1) is 13.1. The molecule has 0 radical (unpaired) electrons. The Kier molecular flexibility index (Phi) is 4.02. The Labute approximate surface area is 103 Å². The third-order valence-corrected chi connectivity index (χ3v) is 3.86. The molecule has 3 nitrogen and oxygen atoms in total. The largest absolute Gasteiger partial charge is 0.336 e. The van der Waals surface area contributed by atoms with Crippen LogP contribution in [0.2, 0.25) is 0 Å². The minimum absolute atomic E-state index is 0.239. The zero-order valence-corrected chi connectivity index (χ0v) is 11.1. The van der Waals surface area contributed by atoms with E-state index < -0.39 is 5.82 Å². The average molecular weight is 289 g/mol. The minimum atomic E-state index is -0.504. The summed E-state index contributed by atoms with van der Waals surface area (Å²) in [6, 6.07) is 1.19. The van der Waals surface area contributed by atoms with Crippen molar-refractivity contribution < 1.29 is 9.18 Å². The van der Waals surface area contributed by atoms with E-state index in [0.29, 0.717) is 5.33 Å².